The van der Waals surface area contributed by atoms with E-state index in [1.165, 1.54) is 0 Å². The zero-order valence-corrected chi connectivity index (χ0v) is 24.7. The molecule has 1 saturated heterocycles. The van der Waals surface area contributed by atoms with Crippen LogP contribution >= 0.6 is 0 Å². The summed E-state index contributed by atoms with van der Waals surface area (Å²) in [4.78, 5) is 31.6. The lowest BCUT2D eigenvalue weighted by Crippen LogP contribution is -2.50. The van der Waals surface area contributed by atoms with Gasteiger partial charge in [-0.1, -0.05) is 44.2 Å². The van der Waals surface area contributed by atoms with Gasteiger partial charge in [0.2, 0.25) is 0 Å². The number of nitrogens with zero attached hydrogens (tertiary/aromatic N) is 1. The molecule has 2 aromatic carbocycles. The van der Waals surface area contributed by atoms with E-state index in [0.717, 1.165) is 28.9 Å². The predicted molar refractivity (Wildman–Crippen MR) is 152 cm³/mol. The van der Waals surface area contributed by atoms with Crippen LogP contribution in [-0.4, -0.2) is 61.9 Å². The number of benzene rings is 2. The zero-order valence-electron chi connectivity index (χ0n) is 24.7. The summed E-state index contributed by atoms with van der Waals surface area (Å²) in [5, 5.41) is 4.73. The van der Waals surface area contributed by atoms with Crippen molar-refractivity contribution < 1.29 is 33.4 Å². The lowest BCUT2D eigenvalue weighted by atomic mass is 9.99. The number of carbonyl (C=O) groups excluding carboxylic acids is 2. The summed E-state index contributed by atoms with van der Waals surface area (Å²) in [6.07, 6.45) is 1.77. The Labute approximate surface area is 238 Å². The molecule has 0 radical (unpaired) electrons. The fourth-order valence-electron chi connectivity index (χ4n) is 4.64. The molecule has 1 aliphatic heterocycles. The molecule has 1 aliphatic rings. The molecule has 9 heteroatoms. The maximum absolute atomic E-state index is 13.6. The highest BCUT2D eigenvalue weighted by atomic mass is 16.8. The van der Waals surface area contributed by atoms with Gasteiger partial charge in [0.25, 0.3) is 5.91 Å². The first kappa shape index (κ1) is 31.4. The molecule has 1 heterocycles. The van der Waals surface area contributed by atoms with Crippen molar-refractivity contribution in [3.8, 4) is 5.75 Å². The minimum absolute atomic E-state index is 0.140. The van der Waals surface area contributed by atoms with E-state index in [1.54, 1.807) is 32.9 Å². The average Bonchev–Trinajstić information content (AvgIpc) is 3.10. The number of hydrogen-bond acceptors (Lipinski definition) is 8. The summed E-state index contributed by atoms with van der Waals surface area (Å²) < 4.78 is 22.6. The van der Waals surface area contributed by atoms with E-state index in [9.17, 15) is 9.59 Å². The maximum atomic E-state index is 13.6. The highest BCUT2D eigenvalue weighted by Crippen LogP contribution is 2.28. The van der Waals surface area contributed by atoms with Crippen LogP contribution in [0.5, 0.6) is 5.75 Å². The van der Waals surface area contributed by atoms with Gasteiger partial charge in [-0.2, -0.15) is 0 Å². The molecule has 2 aromatic rings. The van der Waals surface area contributed by atoms with Crippen molar-refractivity contribution in [1.82, 2.24) is 10.4 Å². The van der Waals surface area contributed by atoms with Crippen LogP contribution in [0.15, 0.2) is 42.5 Å². The van der Waals surface area contributed by atoms with Crippen molar-refractivity contribution in [1.29, 1.82) is 0 Å². The minimum atomic E-state index is -0.770. The molecular formula is C31H44N2O7. The maximum Gasteiger partial charge on any atom is 0.528 e. The third-order valence-electron chi connectivity index (χ3n) is 6.55. The molecule has 3 rings (SSSR count). The second kappa shape index (κ2) is 15.0. The number of ether oxygens (including phenoxy) is 4. The average molecular weight is 557 g/mol. The highest BCUT2D eigenvalue weighted by Gasteiger charge is 2.32. The summed E-state index contributed by atoms with van der Waals surface area (Å²) in [6, 6.07) is 13.2. The van der Waals surface area contributed by atoms with Crippen molar-refractivity contribution in [3.63, 3.8) is 0 Å². The van der Waals surface area contributed by atoms with E-state index in [2.05, 4.69) is 5.32 Å². The summed E-state index contributed by atoms with van der Waals surface area (Å²) in [6.45, 7) is 10.7. The SMILES string of the molecule is CCc1cc(C(=O)N[C@@H]2CN(OC(=O)OC(C)(C)C)CCC[C@H]2OCc2ccccc2)cc(CC)c1OCOC. The first-order valence-electron chi connectivity index (χ1n) is 14.0. The van der Waals surface area contributed by atoms with Gasteiger partial charge in [-0.3, -0.25) is 4.79 Å². The van der Waals surface area contributed by atoms with E-state index in [4.69, 9.17) is 23.8 Å². The van der Waals surface area contributed by atoms with Gasteiger partial charge < -0.3 is 29.1 Å². The molecule has 0 bridgehead atoms. The Morgan fingerprint density at radius 2 is 1.73 bits per heavy atom. The predicted octanol–water partition coefficient (Wildman–Crippen LogP) is 5.44. The number of rotatable bonds is 11. The van der Waals surface area contributed by atoms with E-state index in [1.807, 2.05) is 56.3 Å². The quantitative estimate of drug-likeness (QED) is 0.289. The van der Waals surface area contributed by atoms with Crippen molar-refractivity contribution in [2.75, 3.05) is 27.0 Å². The molecule has 0 saturated carbocycles. The molecule has 0 spiro atoms. The molecule has 40 heavy (non-hydrogen) atoms. The van der Waals surface area contributed by atoms with Crippen molar-refractivity contribution in [2.24, 2.45) is 0 Å². The van der Waals surface area contributed by atoms with E-state index in [0.29, 0.717) is 38.0 Å². The third-order valence-corrected chi connectivity index (χ3v) is 6.55. The van der Waals surface area contributed by atoms with Gasteiger partial charge in [0, 0.05) is 19.2 Å². The second-order valence-corrected chi connectivity index (χ2v) is 10.9. The van der Waals surface area contributed by atoms with Crippen LogP contribution in [0.3, 0.4) is 0 Å². The monoisotopic (exact) mass is 556 g/mol. The number of aryl methyl sites for hydroxylation is 2. The van der Waals surface area contributed by atoms with Gasteiger partial charge in [0.05, 0.1) is 25.3 Å². The van der Waals surface area contributed by atoms with E-state index in [-0.39, 0.29) is 25.3 Å². The largest absolute Gasteiger partial charge is 0.528 e. The molecule has 220 valence electrons. The summed E-state index contributed by atoms with van der Waals surface area (Å²) in [7, 11) is 1.58. The van der Waals surface area contributed by atoms with Gasteiger partial charge in [0.15, 0.2) is 6.79 Å². The van der Waals surface area contributed by atoms with Gasteiger partial charge in [-0.15, -0.1) is 5.06 Å². The van der Waals surface area contributed by atoms with E-state index < -0.39 is 17.8 Å². The summed E-state index contributed by atoms with van der Waals surface area (Å²) >= 11 is 0. The fraction of sp³-hybridized carbons (Fsp3) is 0.548. The van der Waals surface area contributed by atoms with Gasteiger partial charge in [-0.05, 0) is 75.3 Å². The second-order valence-electron chi connectivity index (χ2n) is 10.9. The molecule has 1 fully saturated rings. The molecule has 0 aromatic heterocycles. The van der Waals surface area contributed by atoms with Crippen LogP contribution in [0.4, 0.5) is 4.79 Å². The topological polar surface area (TPSA) is 95.6 Å². The normalized spacial score (nSPS) is 18.1. The number of hydroxylamine groups is 2. The van der Waals surface area contributed by atoms with E-state index >= 15 is 0 Å². The standard InChI is InChI=1S/C31H44N2O7/c1-7-23-17-25(18-24(8-2)28(23)38-21-36-6)29(34)32-26-19-33(40-30(35)39-31(3,4)5)16-12-15-27(26)37-20-22-13-10-9-11-14-22/h9-11,13-14,17-18,26-27H,7-8,12,15-16,19-21H2,1-6H3,(H,32,34)/t26-,27-/m1/s1. The number of amides is 1. The number of carbonyl (C=O) groups is 2. The lowest BCUT2D eigenvalue weighted by Gasteiger charge is -2.29. The third kappa shape index (κ3) is 9.50. The first-order valence-corrected chi connectivity index (χ1v) is 14.0. The van der Waals surface area contributed by atoms with Crippen LogP contribution in [0, 0.1) is 0 Å². The Morgan fingerprint density at radius 3 is 2.33 bits per heavy atom. The highest BCUT2D eigenvalue weighted by molar-refractivity contribution is 5.95. The van der Waals surface area contributed by atoms with Gasteiger partial charge in [-0.25, -0.2) is 4.79 Å². The van der Waals surface area contributed by atoms with Gasteiger partial charge >= 0.3 is 6.16 Å². The lowest BCUT2D eigenvalue weighted by molar-refractivity contribution is -0.145. The molecule has 1 amide bonds. The van der Waals surface area contributed by atoms with Crippen molar-refractivity contribution >= 4 is 12.1 Å². The molecule has 1 N–H and O–H groups in total. The van der Waals surface area contributed by atoms with Crippen molar-refractivity contribution in [2.45, 2.75) is 84.7 Å². The summed E-state index contributed by atoms with van der Waals surface area (Å²) in [5.41, 5.74) is 2.79. The Morgan fingerprint density at radius 1 is 1.05 bits per heavy atom. The van der Waals surface area contributed by atoms with Crippen LogP contribution in [0.25, 0.3) is 0 Å². The molecule has 0 unspecified atom stereocenters. The summed E-state index contributed by atoms with van der Waals surface area (Å²) in [5.74, 6) is 0.541. The molecular weight excluding hydrogens is 512 g/mol. The Kier molecular flexibility index (Phi) is 11.8. The smallest absolute Gasteiger partial charge is 0.467 e. The van der Waals surface area contributed by atoms with Crippen molar-refractivity contribution in [3.05, 3.63) is 64.7 Å². The number of hydrogen-bond donors (Lipinski definition) is 1. The number of methoxy groups -OCH3 is 1. The Hall–Kier alpha value is -3.14. The van der Waals surface area contributed by atoms with Crippen LogP contribution < -0.4 is 10.1 Å². The van der Waals surface area contributed by atoms with Crippen LogP contribution in [-0.2, 0) is 38.5 Å². The van der Waals surface area contributed by atoms with Crippen LogP contribution in [0.2, 0.25) is 0 Å². The molecule has 0 aliphatic carbocycles. The minimum Gasteiger partial charge on any atom is -0.467 e. The first-order chi connectivity index (χ1) is 19.1. The van der Waals surface area contributed by atoms with Crippen LogP contribution in [0.1, 0.15) is 74.5 Å². The van der Waals surface area contributed by atoms with Gasteiger partial charge in [0.1, 0.15) is 11.4 Å². The number of nitrogens with one attached hydrogen (secondary N) is 1. The Bertz CT molecular complexity index is 1080. The zero-order chi connectivity index (χ0) is 29.1. The Balaban J connectivity index is 1.82. The molecule has 9 nitrogen and oxygen atoms in total. The molecule has 2 atom stereocenters. The fourth-order valence-corrected chi connectivity index (χ4v) is 4.64.